The maximum Gasteiger partial charge on any atom is 0.321 e. The topological polar surface area (TPSA) is 116 Å². The molecule has 0 saturated heterocycles. The molecule has 3 amide bonds. The number of carbonyl (C=O) groups excluding carboxylic acids is 2. The molecule has 0 unspecified atom stereocenters. The SMILES string of the molecule is COc1cc(OC)cc(-c2nnc(SCC(=O)NC(=O)NC34CC5CC(CC(C5)C3)C4)o2)c1. The van der Waals surface area contributed by atoms with Gasteiger partial charge in [-0.05, 0) is 68.4 Å². The molecule has 4 fully saturated rings. The van der Waals surface area contributed by atoms with Crippen molar-refractivity contribution in [3.05, 3.63) is 18.2 Å². The number of carbonyl (C=O) groups is 2. The second-order valence-corrected chi connectivity index (χ2v) is 10.4. The van der Waals surface area contributed by atoms with Crippen LogP contribution >= 0.6 is 11.8 Å². The number of thioether (sulfide) groups is 1. The first-order valence-electron chi connectivity index (χ1n) is 11.3. The number of amides is 3. The Balaban J connectivity index is 1.14. The van der Waals surface area contributed by atoms with Gasteiger partial charge in [0.2, 0.25) is 11.8 Å². The third kappa shape index (κ3) is 4.80. The van der Waals surface area contributed by atoms with E-state index >= 15 is 0 Å². The molecule has 1 aromatic heterocycles. The molecule has 4 aliphatic rings. The average Bonchev–Trinajstić information content (AvgIpc) is 3.25. The Kier molecular flexibility index (Phi) is 5.94. The second kappa shape index (κ2) is 8.89. The lowest BCUT2D eigenvalue weighted by Gasteiger charge is -2.56. The molecule has 10 heteroatoms. The smallest absolute Gasteiger partial charge is 0.321 e. The molecule has 0 aliphatic heterocycles. The Morgan fingerprint density at radius 2 is 1.64 bits per heavy atom. The molecule has 2 aromatic rings. The molecule has 4 bridgehead atoms. The first-order chi connectivity index (χ1) is 15.9. The minimum atomic E-state index is -0.405. The van der Waals surface area contributed by atoms with Crippen molar-refractivity contribution >= 4 is 23.7 Å². The number of nitrogens with one attached hydrogen (secondary N) is 2. The van der Waals surface area contributed by atoms with Crippen LogP contribution < -0.4 is 20.1 Å². The van der Waals surface area contributed by atoms with Gasteiger partial charge in [-0.2, -0.15) is 0 Å². The fraction of sp³-hybridized carbons (Fsp3) is 0.565. The second-order valence-electron chi connectivity index (χ2n) is 9.46. The number of hydrogen-bond acceptors (Lipinski definition) is 8. The van der Waals surface area contributed by atoms with Gasteiger partial charge < -0.3 is 19.2 Å². The molecule has 33 heavy (non-hydrogen) atoms. The van der Waals surface area contributed by atoms with E-state index in [9.17, 15) is 9.59 Å². The third-order valence-corrected chi connectivity index (χ3v) is 7.82. The van der Waals surface area contributed by atoms with Crippen LogP contribution in [0.25, 0.3) is 11.5 Å². The van der Waals surface area contributed by atoms with Gasteiger partial charge in [0, 0.05) is 17.2 Å². The summed E-state index contributed by atoms with van der Waals surface area (Å²) < 4.78 is 16.2. The summed E-state index contributed by atoms with van der Waals surface area (Å²) in [5, 5.41) is 13.9. The van der Waals surface area contributed by atoms with E-state index in [-0.39, 0.29) is 22.4 Å². The van der Waals surface area contributed by atoms with Gasteiger partial charge in [-0.15, -0.1) is 10.2 Å². The number of benzene rings is 1. The van der Waals surface area contributed by atoms with Crippen molar-refractivity contribution in [2.75, 3.05) is 20.0 Å². The number of nitrogens with zero attached hydrogens (tertiary/aromatic N) is 2. The molecule has 0 spiro atoms. The standard InChI is InChI=1S/C23H28N4O5S/c1-30-17-6-16(7-18(8-17)31-2)20-26-27-22(32-20)33-12-19(28)24-21(29)25-23-9-13-3-14(10-23)5-15(4-13)11-23/h6-8,13-15H,3-5,9-12H2,1-2H3,(H2,24,25,28,29). The maximum absolute atomic E-state index is 12.5. The van der Waals surface area contributed by atoms with Gasteiger partial charge in [-0.25, -0.2) is 4.79 Å². The maximum atomic E-state index is 12.5. The number of ether oxygens (including phenoxy) is 2. The van der Waals surface area contributed by atoms with Crippen LogP contribution in [0, 0.1) is 17.8 Å². The minimum Gasteiger partial charge on any atom is -0.497 e. The number of aromatic nitrogens is 2. The van der Waals surface area contributed by atoms with E-state index < -0.39 is 11.9 Å². The predicted octanol–water partition coefficient (Wildman–Crippen LogP) is 3.64. The zero-order chi connectivity index (χ0) is 23.0. The number of rotatable bonds is 7. The molecule has 4 saturated carbocycles. The summed E-state index contributed by atoms with van der Waals surface area (Å²) in [6.07, 6.45) is 7.01. The van der Waals surface area contributed by atoms with Crippen molar-refractivity contribution in [2.24, 2.45) is 17.8 Å². The van der Waals surface area contributed by atoms with E-state index in [1.807, 2.05) is 0 Å². The normalized spacial score (nSPS) is 27.3. The Hall–Kier alpha value is -2.75. The highest BCUT2D eigenvalue weighted by Gasteiger charge is 2.51. The van der Waals surface area contributed by atoms with Crippen molar-refractivity contribution < 1.29 is 23.5 Å². The van der Waals surface area contributed by atoms with Crippen LogP contribution in [0.5, 0.6) is 11.5 Å². The van der Waals surface area contributed by atoms with E-state index in [2.05, 4.69) is 20.8 Å². The van der Waals surface area contributed by atoms with Gasteiger partial charge in [0.25, 0.3) is 5.22 Å². The van der Waals surface area contributed by atoms with Crippen LogP contribution in [0.2, 0.25) is 0 Å². The van der Waals surface area contributed by atoms with E-state index in [1.54, 1.807) is 32.4 Å². The lowest BCUT2D eigenvalue weighted by Crippen LogP contribution is -2.61. The number of imide groups is 1. The van der Waals surface area contributed by atoms with Gasteiger partial charge in [0.1, 0.15) is 11.5 Å². The molecule has 9 nitrogen and oxygen atoms in total. The van der Waals surface area contributed by atoms with Crippen LogP contribution in [0.1, 0.15) is 38.5 Å². The molecule has 1 heterocycles. The lowest BCUT2D eigenvalue weighted by molar-refractivity contribution is -0.117. The van der Waals surface area contributed by atoms with Crippen molar-refractivity contribution in [1.82, 2.24) is 20.8 Å². The van der Waals surface area contributed by atoms with Crippen LogP contribution in [-0.4, -0.2) is 47.6 Å². The van der Waals surface area contributed by atoms with Crippen LogP contribution in [-0.2, 0) is 4.79 Å². The first-order valence-corrected chi connectivity index (χ1v) is 12.2. The zero-order valence-electron chi connectivity index (χ0n) is 18.8. The van der Waals surface area contributed by atoms with Crippen molar-refractivity contribution in [2.45, 2.75) is 49.3 Å². The van der Waals surface area contributed by atoms with E-state index in [4.69, 9.17) is 13.9 Å². The van der Waals surface area contributed by atoms with Gasteiger partial charge >= 0.3 is 6.03 Å². The average molecular weight is 473 g/mol. The highest BCUT2D eigenvalue weighted by molar-refractivity contribution is 7.99. The number of methoxy groups -OCH3 is 2. The third-order valence-electron chi connectivity index (χ3n) is 7.00. The summed E-state index contributed by atoms with van der Waals surface area (Å²) in [4.78, 5) is 24.9. The highest BCUT2D eigenvalue weighted by atomic mass is 32.2. The molecule has 0 radical (unpaired) electrons. The summed E-state index contributed by atoms with van der Waals surface area (Å²) in [7, 11) is 3.12. The first kappa shape index (κ1) is 22.1. The quantitative estimate of drug-likeness (QED) is 0.587. The largest absolute Gasteiger partial charge is 0.497 e. The fourth-order valence-corrected chi connectivity index (χ4v) is 6.70. The molecule has 1 aromatic carbocycles. The molecule has 0 atom stereocenters. The lowest BCUT2D eigenvalue weighted by atomic mass is 9.53. The molecular weight excluding hydrogens is 444 g/mol. The molecule has 4 aliphatic carbocycles. The summed E-state index contributed by atoms with van der Waals surface area (Å²) in [5.41, 5.74) is 0.510. The number of urea groups is 1. The summed E-state index contributed by atoms with van der Waals surface area (Å²) in [5.74, 6) is 3.25. The monoisotopic (exact) mass is 472 g/mol. The van der Waals surface area contributed by atoms with E-state index in [1.165, 1.54) is 19.3 Å². The fourth-order valence-electron chi connectivity index (χ4n) is 6.14. The predicted molar refractivity (Wildman–Crippen MR) is 121 cm³/mol. The van der Waals surface area contributed by atoms with Crippen LogP contribution in [0.3, 0.4) is 0 Å². The van der Waals surface area contributed by atoms with Crippen LogP contribution in [0.4, 0.5) is 4.79 Å². The highest BCUT2D eigenvalue weighted by Crippen LogP contribution is 2.55. The summed E-state index contributed by atoms with van der Waals surface area (Å²) in [6.45, 7) is 0. The van der Waals surface area contributed by atoms with E-state index in [0.29, 0.717) is 17.1 Å². The van der Waals surface area contributed by atoms with Gasteiger partial charge in [-0.3, -0.25) is 10.1 Å². The Labute approximate surface area is 196 Å². The molecule has 176 valence electrons. The van der Waals surface area contributed by atoms with E-state index in [0.717, 1.165) is 48.8 Å². The van der Waals surface area contributed by atoms with Crippen molar-refractivity contribution in [3.8, 4) is 23.0 Å². The molecule has 6 rings (SSSR count). The van der Waals surface area contributed by atoms with Crippen LogP contribution in [0.15, 0.2) is 27.8 Å². The molecular formula is C23H28N4O5S. The number of hydrogen-bond donors (Lipinski definition) is 2. The molecule has 2 N–H and O–H groups in total. The zero-order valence-corrected chi connectivity index (χ0v) is 19.6. The van der Waals surface area contributed by atoms with Crippen molar-refractivity contribution in [3.63, 3.8) is 0 Å². The van der Waals surface area contributed by atoms with Gasteiger partial charge in [0.05, 0.1) is 20.0 Å². The summed E-state index contributed by atoms with van der Waals surface area (Å²) in [6, 6.07) is 4.85. The summed E-state index contributed by atoms with van der Waals surface area (Å²) >= 11 is 1.08. The Bertz CT molecular complexity index is 998. The minimum absolute atomic E-state index is 0.00262. The Morgan fingerprint density at radius 3 is 2.21 bits per heavy atom. The van der Waals surface area contributed by atoms with Crippen molar-refractivity contribution in [1.29, 1.82) is 0 Å². The Morgan fingerprint density at radius 1 is 1.03 bits per heavy atom. The van der Waals surface area contributed by atoms with Gasteiger partial charge in [0.15, 0.2) is 0 Å². The van der Waals surface area contributed by atoms with Gasteiger partial charge in [-0.1, -0.05) is 11.8 Å².